The van der Waals surface area contributed by atoms with E-state index in [-0.39, 0.29) is 0 Å². The van der Waals surface area contributed by atoms with E-state index in [1.54, 1.807) is 13.0 Å². The first-order chi connectivity index (χ1) is 7.34. The lowest BCUT2D eigenvalue weighted by molar-refractivity contribution is -0.170. The molecule has 88 valence electrons. The number of hydrogen-bond acceptors (Lipinski definition) is 2. The van der Waals surface area contributed by atoms with Crippen LogP contribution in [0.5, 0.6) is 5.75 Å². The Bertz CT molecular complexity index is 397. The molecule has 0 aliphatic rings. The predicted octanol–water partition coefficient (Wildman–Crippen LogP) is 2.68. The second-order valence-electron chi connectivity index (χ2n) is 3.40. The quantitative estimate of drug-likeness (QED) is 0.800. The molecule has 0 amide bonds. The Morgan fingerprint density at radius 1 is 1.38 bits per heavy atom. The number of halogens is 3. The van der Waals surface area contributed by atoms with Gasteiger partial charge in [0.1, 0.15) is 5.75 Å². The lowest BCUT2D eigenvalue weighted by atomic mass is 10.1. The van der Waals surface area contributed by atoms with Crippen LogP contribution in [0.3, 0.4) is 0 Å². The van der Waals surface area contributed by atoms with Crippen molar-refractivity contribution >= 4 is 5.78 Å². The van der Waals surface area contributed by atoms with Gasteiger partial charge >= 0.3 is 6.18 Å². The summed E-state index contributed by atoms with van der Waals surface area (Å²) in [5, 5.41) is 0. The van der Waals surface area contributed by atoms with E-state index in [9.17, 15) is 18.0 Å². The molecule has 1 rings (SSSR count). The van der Waals surface area contributed by atoms with E-state index in [1.807, 2.05) is 0 Å². The van der Waals surface area contributed by atoms with Gasteiger partial charge in [0.25, 0.3) is 0 Å². The van der Waals surface area contributed by atoms with E-state index in [4.69, 9.17) is 4.74 Å². The van der Waals surface area contributed by atoms with E-state index >= 15 is 0 Å². The lowest BCUT2D eigenvalue weighted by Gasteiger charge is -2.08. The van der Waals surface area contributed by atoms with Gasteiger partial charge in [0.05, 0.1) is 7.11 Å². The largest absolute Gasteiger partial charge is 0.496 e. The summed E-state index contributed by atoms with van der Waals surface area (Å²) >= 11 is 0. The van der Waals surface area contributed by atoms with Crippen LogP contribution in [0.15, 0.2) is 18.2 Å². The number of alkyl halides is 3. The van der Waals surface area contributed by atoms with Crippen LogP contribution in [0.2, 0.25) is 0 Å². The highest BCUT2D eigenvalue weighted by atomic mass is 19.4. The summed E-state index contributed by atoms with van der Waals surface area (Å²) in [7, 11) is 1.43. The van der Waals surface area contributed by atoms with Gasteiger partial charge in [-0.3, -0.25) is 4.79 Å². The van der Waals surface area contributed by atoms with Crippen LogP contribution in [0.25, 0.3) is 0 Å². The maximum Gasteiger partial charge on any atom is 0.450 e. The lowest BCUT2D eigenvalue weighted by Crippen LogP contribution is -2.24. The molecule has 0 bridgehead atoms. The summed E-state index contributed by atoms with van der Waals surface area (Å²) in [6.45, 7) is 1.77. The van der Waals surface area contributed by atoms with Crippen LogP contribution in [0.4, 0.5) is 13.2 Å². The summed E-state index contributed by atoms with van der Waals surface area (Å²) in [6.07, 6.45) is -5.43. The summed E-state index contributed by atoms with van der Waals surface area (Å²) in [6, 6.07) is 4.55. The molecule has 0 spiro atoms. The Balaban J connectivity index is 2.87. The molecule has 0 radical (unpaired) electrons. The van der Waals surface area contributed by atoms with E-state index in [1.165, 1.54) is 19.2 Å². The molecule has 2 nitrogen and oxygen atoms in total. The molecule has 0 aliphatic heterocycles. The fourth-order valence-corrected chi connectivity index (χ4v) is 1.26. The highest BCUT2D eigenvalue weighted by Gasteiger charge is 2.37. The third kappa shape index (κ3) is 2.98. The fourth-order valence-electron chi connectivity index (χ4n) is 1.26. The third-order valence-electron chi connectivity index (χ3n) is 2.15. The molecule has 0 aliphatic carbocycles. The second kappa shape index (κ2) is 4.55. The van der Waals surface area contributed by atoms with E-state index in [2.05, 4.69) is 0 Å². The van der Waals surface area contributed by atoms with Gasteiger partial charge < -0.3 is 4.74 Å². The minimum Gasteiger partial charge on any atom is -0.496 e. The van der Waals surface area contributed by atoms with Gasteiger partial charge in [0, 0.05) is 6.42 Å². The molecule has 1 aromatic carbocycles. The van der Waals surface area contributed by atoms with Crippen molar-refractivity contribution in [2.45, 2.75) is 19.5 Å². The van der Waals surface area contributed by atoms with E-state index in [0.717, 1.165) is 5.56 Å². The van der Waals surface area contributed by atoms with Crippen LogP contribution >= 0.6 is 0 Å². The Morgan fingerprint density at radius 2 is 2.00 bits per heavy atom. The van der Waals surface area contributed by atoms with Gasteiger partial charge in [-0.2, -0.15) is 13.2 Å². The van der Waals surface area contributed by atoms with E-state index < -0.39 is 18.4 Å². The Kier molecular flexibility index (Phi) is 3.57. The monoisotopic (exact) mass is 232 g/mol. The van der Waals surface area contributed by atoms with Gasteiger partial charge in [0.2, 0.25) is 5.78 Å². The maximum atomic E-state index is 12.0. The van der Waals surface area contributed by atoms with Crippen LogP contribution in [0, 0.1) is 6.92 Å². The molecule has 0 fully saturated rings. The number of aryl methyl sites for hydroxylation is 1. The normalized spacial score (nSPS) is 11.3. The highest BCUT2D eigenvalue weighted by molar-refractivity contribution is 5.86. The number of hydrogen-bond donors (Lipinski definition) is 0. The van der Waals surface area contributed by atoms with Crippen molar-refractivity contribution in [1.29, 1.82) is 0 Å². The number of carbonyl (C=O) groups excluding carboxylic acids is 1. The molecule has 0 saturated carbocycles. The fraction of sp³-hybridized carbons (Fsp3) is 0.364. The van der Waals surface area contributed by atoms with Crippen molar-refractivity contribution in [2.75, 3.05) is 7.11 Å². The number of rotatable bonds is 3. The number of methoxy groups -OCH3 is 1. The Hall–Kier alpha value is -1.52. The number of carbonyl (C=O) groups is 1. The number of ketones is 1. The first-order valence-electron chi connectivity index (χ1n) is 4.58. The van der Waals surface area contributed by atoms with Crippen molar-refractivity contribution in [3.05, 3.63) is 29.3 Å². The van der Waals surface area contributed by atoms with Gasteiger partial charge in [-0.15, -0.1) is 0 Å². The smallest absolute Gasteiger partial charge is 0.450 e. The standard InChI is InChI=1S/C11H11F3O2/c1-7-3-4-8(5-9(7)16-2)6-10(15)11(12,13)14/h3-5H,6H2,1-2H3. The van der Waals surface area contributed by atoms with Crippen molar-refractivity contribution < 1.29 is 22.7 Å². The zero-order valence-corrected chi connectivity index (χ0v) is 8.89. The molecule has 5 heteroatoms. The first-order valence-corrected chi connectivity index (χ1v) is 4.58. The SMILES string of the molecule is COc1cc(CC(=O)C(F)(F)F)ccc1C. The minimum absolute atomic E-state index is 0.296. The molecule has 16 heavy (non-hydrogen) atoms. The van der Waals surface area contributed by atoms with Crippen LogP contribution in [0.1, 0.15) is 11.1 Å². The first kappa shape index (κ1) is 12.5. The van der Waals surface area contributed by atoms with Gasteiger partial charge in [0.15, 0.2) is 0 Å². The predicted molar refractivity (Wildman–Crippen MR) is 52.5 cm³/mol. The average Bonchev–Trinajstić information content (AvgIpc) is 2.19. The third-order valence-corrected chi connectivity index (χ3v) is 2.15. The number of ether oxygens (including phenoxy) is 1. The molecular weight excluding hydrogens is 221 g/mol. The molecule has 0 atom stereocenters. The zero-order valence-electron chi connectivity index (χ0n) is 8.89. The summed E-state index contributed by atoms with van der Waals surface area (Å²) < 4.78 is 41.0. The Labute approximate surface area is 91.0 Å². The van der Waals surface area contributed by atoms with Gasteiger partial charge in [-0.25, -0.2) is 0 Å². The van der Waals surface area contributed by atoms with Gasteiger partial charge in [-0.05, 0) is 24.1 Å². The Morgan fingerprint density at radius 3 is 2.50 bits per heavy atom. The molecule has 0 N–H and O–H groups in total. The molecule has 0 heterocycles. The topological polar surface area (TPSA) is 26.3 Å². The van der Waals surface area contributed by atoms with Crippen LogP contribution in [-0.4, -0.2) is 19.1 Å². The van der Waals surface area contributed by atoms with Gasteiger partial charge in [-0.1, -0.05) is 12.1 Å². The molecule has 0 aromatic heterocycles. The van der Waals surface area contributed by atoms with Crippen LogP contribution in [-0.2, 0) is 11.2 Å². The van der Waals surface area contributed by atoms with Crippen LogP contribution < -0.4 is 4.74 Å². The number of Topliss-reactive ketones (excluding diaryl/α,β-unsaturated/α-hetero) is 1. The minimum atomic E-state index is -4.78. The molecule has 0 unspecified atom stereocenters. The zero-order chi connectivity index (χ0) is 12.3. The summed E-state index contributed by atoms with van der Waals surface area (Å²) in [4.78, 5) is 10.8. The van der Waals surface area contributed by atoms with E-state index in [0.29, 0.717) is 11.3 Å². The number of benzene rings is 1. The maximum absolute atomic E-state index is 12.0. The second-order valence-corrected chi connectivity index (χ2v) is 3.40. The van der Waals surface area contributed by atoms with Crippen molar-refractivity contribution in [1.82, 2.24) is 0 Å². The summed E-state index contributed by atoms with van der Waals surface area (Å²) in [5.41, 5.74) is 1.11. The molecule has 1 aromatic rings. The van der Waals surface area contributed by atoms with Crippen molar-refractivity contribution in [3.8, 4) is 5.75 Å². The molecular formula is C11H11F3O2. The van der Waals surface area contributed by atoms with Crippen molar-refractivity contribution in [3.63, 3.8) is 0 Å². The molecule has 0 saturated heterocycles. The summed E-state index contributed by atoms with van der Waals surface area (Å²) in [5.74, 6) is -1.27. The van der Waals surface area contributed by atoms with Crippen molar-refractivity contribution in [2.24, 2.45) is 0 Å². The highest BCUT2D eigenvalue weighted by Crippen LogP contribution is 2.22. The average molecular weight is 232 g/mol.